The molecule has 1 aromatic heterocycles. The number of likely N-dealkylation sites (N-methyl/N-ethyl adjacent to an activating group) is 1. The van der Waals surface area contributed by atoms with Gasteiger partial charge in [-0.15, -0.1) is 0 Å². The van der Waals surface area contributed by atoms with E-state index in [9.17, 15) is 18.0 Å². The zero-order chi connectivity index (χ0) is 17.3. The highest BCUT2D eigenvalue weighted by Crippen LogP contribution is 2.21. The van der Waals surface area contributed by atoms with Gasteiger partial charge in [-0.05, 0) is 31.0 Å². The average molecular weight is 353 g/mol. The van der Waals surface area contributed by atoms with E-state index in [1.165, 1.54) is 22.5 Å². The molecule has 1 fully saturated rings. The van der Waals surface area contributed by atoms with Crippen LogP contribution in [0, 0.1) is 0 Å². The highest BCUT2D eigenvalue weighted by Gasteiger charge is 2.28. The Morgan fingerprint density at radius 3 is 2.75 bits per heavy atom. The molecule has 1 saturated heterocycles. The van der Waals surface area contributed by atoms with Gasteiger partial charge in [0.05, 0.1) is 21.9 Å². The Balaban J connectivity index is 2.00. The number of hydrogen-bond acceptors (Lipinski definition) is 5. The number of rotatable bonds is 5. The van der Waals surface area contributed by atoms with Gasteiger partial charge >= 0.3 is 5.69 Å². The number of H-pyrrole nitrogens is 2. The van der Waals surface area contributed by atoms with Gasteiger partial charge in [-0.1, -0.05) is 6.92 Å². The number of fused-ring (bicyclic) bond motifs is 1. The van der Waals surface area contributed by atoms with E-state index in [0.29, 0.717) is 25.2 Å². The van der Waals surface area contributed by atoms with Crippen molar-refractivity contribution in [3.8, 4) is 0 Å². The molecule has 8 nitrogen and oxygen atoms in total. The van der Waals surface area contributed by atoms with Crippen LogP contribution in [0.2, 0.25) is 0 Å². The van der Waals surface area contributed by atoms with Gasteiger partial charge in [0.2, 0.25) is 10.0 Å². The zero-order valence-electron chi connectivity index (χ0n) is 13.2. The first-order valence-electron chi connectivity index (χ1n) is 7.80. The zero-order valence-corrected chi connectivity index (χ0v) is 14.1. The summed E-state index contributed by atoms with van der Waals surface area (Å²) in [4.78, 5) is 27.8. The molecule has 2 heterocycles. The quantitative estimate of drug-likeness (QED) is 0.808. The Morgan fingerprint density at radius 2 is 2.08 bits per heavy atom. The first-order chi connectivity index (χ1) is 11.4. The summed E-state index contributed by atoms with van der Waals surface area (Å²) in [7, 11) is -3.75. The van der Waals surface area contributed by atoms with Crippen molar-refractivity contribution in [1.82, 2.24) is 14.3 Å². The maximum Gasteiger partial charge on any atom is 0.326 e. The van der Waals surface area contributed by atoms with Crippen LogP contribution in [0.15, 0.2) is 32.7 Å². The van der Waals surface area contributed by atoms with Crippen molar-refractivity contribution in [2.75, 3.05) is 19.7 Å². The Morgan fingerprint density at radius 1 is 1.29 bits per heavy atom. The Kier molecular flexibility index (Phi) is 4.57. The molecule has 0 saturated carbocycles. The first kappa shape index (κ1) is 16.9. The SMILES string of the molecule is CCN(CC1CCCO1)S(=O)(=O)c1ccc2[nH]c(=O)[nH]c(=O)c2c1. The van der Waals surface area contributed by atoms with E-state index >= 15 is 0 Å². The lowest BCUT2D eigenvalue weighted by Gasteiger charge is -2.23. The molecule has 0 radical (unpaired) electrons. The summed E-state index contributed by atoms with van der Waals surface area (Å²) in [6, 6.07) is 4.11. The summed E-state index contributed by atoms with van der Waals surface area (Å²) >= 11 is 0. The van der Waals surface area contributed by atoms with Crippen molar-refractivity contribution in [2.24, 2.45) is 0 Å². The van der Waals surface area contributed by atoms with E-state index < -0.39 is 21.3 Å². The molecule has 130 valence electrons. The van der Waals surface area contributed by atoms with Gasteiger partial charge in [0, 0.05) is 19.7 Å². The van der Waals surface area contributed by atoms with Gasteiger partial charge in [0.15, 0.2) is 0 Å². The third-order valence-corrected chi connectivity index (χ3v) is 6.07. The molecule has 0 aliphatic carbocycles. The molecule has 0 amide bonds. The second kappa shape index (κ2) is 6.50. The molecule has 0 spiro atoms. The van der Waals surface area contributed by atoms with E-state index in [4.69, 9.17) is 4.74 Å². The van der Waals surface area contributed by atoms with Crippen LogP contribution in [-0.4, -0.2) is 48.5 Å². The van der Waals surface area contributed by atoms with Crippen LogP contribution in [0.3, 0.4) is 0 Å². The fraction of sp³-hybridized carbons (Fsp3) is 0.467. The van der Waals surface area contributed by atoms with Crippen molar-refractivity contribution < 1.29 is 13.2 Å². The second-order valence-corrected chi connectivity index (χ2v) is 7.64. The number of ether oxygens (including phenoxy) is 1. The molecule has 1 atom stereocenters. The van der Waals surface area contributed by atoms with Crippen molar-refractivity contribution in [3.63, 3.8) is 0 Å². The lowest BCUT2D eigenvalue weighted by atomic mass is 10.2. The lowest BCUT2D eigenvalue weighted by molar-refractivity contribution is 0.0947. The van der Waals surface area contributed by atoms with Crippen LogP contribution in [0.25, 0.3) is 10.9 Å². The summed E-state index contributed by atoms with van der Waals surface area (Å²) in [6.45, 7) is 3.01. The molecule has 1 unspecified atom stereocenters. The molecule has 1 aromatic carbocycles. The van der Waals surface area contributed by atoms with E-state index in [0.717, 1.165) is 12.8 Å². The summed E-state index contributed by atoms with van der Waals surface area (Å²) in [5.74, 6) is 0. The lowest BCUT2D eigenvalue weighted by Crippen LogP contribution is -2.37. The smallest absolute Gasteiger partial charge is 0.326 e. The third-order valence-electron chi connectivity index (χ3n) is 4.13. The maximum atomic E-state index is 12.9. The Labute approximate surface area is 138 Å². The highest BCUT2D eigenvalue weighted by atomic mass is 32.2. The van der Waals surface area contributed by atoms with Crippen LogP contribution in [0.4, 0.5) is 0 Å². The molecular formula is C15H19N3O5S. The monoisotopic (exact) mass is 353 g/mol. The molecule has 1 aliphatic rings. The number of aromatic nitrogens is 2. The number of hydrogen-bond donors (Lipinski definition) is 2. The molecule has 3 rings (SSSR count). The van der Waals surface area contributed by atoms with E-state index in [1.807, 2.05) is 0 Å². The molecule has 0 bridgehead atoms. The Bertz CT molecular complexity index is 957. The van der Waals surface area contributed by atoms with Gasteiger partial charge in [-0.3, -0.25) is 9.78 Å². The average Bonchev–Trinajstić information content (AvgIpc) is 3.05. The number of sulfonamides is 1. The Hall–Kier alpha value is -1.97. The predicted molar refractivity (Wildman–Crippen MR) is 88.6 cm³/mol. The van der Waals surface area contributed by atoms with Crippen LogP contribution < -0.4 is 11.2 Å². The molecule has 9 heteroatoms. The minimum Gasteiger partial charge on any atom is -0.377 e. The molecular weight excluding hydrogens is 334 g/mol. The number of aromatic amines is 2. The fourth-order valence-electron chi connectivity index (χ4n) is 2.87. The van der Waals surface area contributed by atoms with E-state index in [1.54, 1.807) is 6.92 Å². The third kappa shape index (κ3) is 3.14. The largest absolute Gasteiger partial charge is 0.377 e. The molecule has 1 aliphatic heterocycles. The minimum absolute atomic E-state index is 0.0207. The van der Waals surface area contributed by atoms with Gasteiger partial charge in [0.25, 0.3) is 5.56 Å². The predicted octanol–water partition coefficient (Wildman–Crippen LogP) is 0.406. The van der Waals surface area contributed by atoms with Crippen LogP contribution in [-0.2, 0) is 14.8 Å². The van der Waals surface area contributed by atoms with E-state index in [-0.39, 0.29) is 16.4 Å². The summed E-state index contributed by atoms with van der Waals surface area (Å²) in [5, 5.41) is 0.129. The maximum absolute atomic E-state index is 12.9. The summed E-state index contributed by atoms with van der Waals surface area (Å²) in [5.41, 5.74) is -0.950. The van der Waals surface area contributed by atoms with Crippen LogP contribution >= 0.6 is 0 Å². The molecule has 2 N–H and O–H groups in total. The molecule has 2 aromatic rings. The van der Waals surface area contributed by atoms with Crippen molar-refractivity contribution >= 4 is 20.9 Å². The summed E-state index contributed by atoms with van der Waals surface area (Å²) in [6.07, 6.45) is 1.67. The number of nitrogens with zero attached hydrogens (tertiary/aromatic N) is 1. The van der Waals surface area contributed by atoms with Crippen molar-refractivity contribution in [3.05, 3.63) is 39.0 Å². The molecule has 24 heavy (non-hydrogen) atoms. The normalized spacial score (nSPS) is 18.5. The topological polar surface area (TPSA) is 112 Å². The highest BCUT2D eigenvalue weighted by molar-refractivity contribution is 7.89. The summed E-state index contributed by atoms with van der Waals surface area (Å²) < 4.78 is 32.6. The van der Waals surface area contributed by atoms with Gasteiger partial charge in [-0.2, -0.15) is 4.31 Å². The van der Waals surface area contributed by atoms with Crippen molar-refractivity contribution in [2.45, 2.75) is 30.8 Å². The van der Waals surface area contributed by atoms with Crippen LogP contribution in [0.1, 0.15) is 19.8 Å². The fourth-order valence-corrected chi connectivity index (χ4v) is 4.37. The van der Waals surface area contributed by atoms with Gasteiger partial charge < -0.3 is 9.72 Å². The second-order valence-electron chi connectivity index (χ2n) is 5.71. The number of nitrogens with one attached hydrogen (secondary N) is 2. The minimum atomic E-state index is -3.75. The number of benzene rings is 1. The standard InChI is InChI=1S/C15H19N3O5S/c1-2-18(9-10-4-3-7-23-10)24(21,22)11-5-6-13-12(8-11)14(19)17-15(20)16-13/h5-6,8,10H,2-4,7,9H2,1H3,(H2,16,17,19,20). The van der Waals surface area contributed by atoms with Crippen molar-refractivity contribution in [1.29, 1.82) is 0 Å². The van der Waals surface area contributed by atoms with Crippen LogP contribution in [0.5, 0.6) is 0 Å². The van der Waals surface area contributed by atoms with Gasteiger partial charge in [-0.25, -0.2) is 13.2 Å². The van der Waals surface area contributed by atoms with E-state index in [2.05, 4.69) is 9.97 Å². The van der Waals surface area contributed by atoms with Gasteiger partial charge in [0.1, 0.15) is 0 Å². The first-order valence-corrected chi connectivity index (χ1v) is 9.24.